The molecule has 220 valence electrons. The smallest absolute Gasteiger partial charge is 0.263 e. The van der Waals surface area contributed by atoms with Crippen molar-refractivity contribution in [2.45, 2.75) is 26.3 Å². The van der Waals surface area contributed by atoms with E-state index in [9.17, 15) is 25.9 Å². The van der Waals surface area contributed by atoms with Gasteiger partial charge in [0.05, 0.1) is 25.9 Å². The molecule has 0 unspecified atom stereocenters. The molecule has 4 aromatic rings. The molecule has 12 heteroatoms. The van der Waals surface area contributed by atoms with Crippen molar-refractivity contribution < 1.29 is 35.2 Å². The molecule has 5 rings (SSSR count). The van der Waals surface area contributed by atoms with Crippen molar-refractivity contribution in [3.05, 3.63) is 95.3 Å². The molecule has 0 saturated carbocycles. The second-order valence-electron chi connectivity index (χ2n) is 9.96. The van der Waals surface area contributed by atoms with Crippen LogP contribution in [0.4, 0.5) is 5.69 Å². The summed E-state index contributed by atoms with van der Waals surface area (Å²) in [7, 11) is -8.68. The molecule has 0 atom stereocenters. The third kappa shape index (κ3) is 7.44. The number of para-hydroxylation sites is 1. The van der Waals surface area contributed by atoms with Crippen molar-refractivity contribution >= 4 is 53.6 Å². The minimum absolute atomic E-state index is 0.128. The molecule has 0 N–H and O–H groups in total. The molecule has 0 saturated heterocycles. The van der Waals surface area contributed by atoms with Crippen molar-refractivity contribution in [2.75, 3.05) is 23.0 Å². The molecule has 0 aliphatic carbocycles. The van der Waals surface area contributed by atoms with Crippen LogP contribution < -0.4 is 14.2 Å². The molecule has 1 aromatic heterocycles. The van der Waals surface area contributed by atoms with Gasteiger partial charge in [-0.2, -0.15) is 4.57 Å². The summed E-state index contributed by atoms with van der Waals surface area (Å²) < 4.78 is 76.7. The van der Waals surface area contributed by atoms with Crippen molar-refractivity contribution in [1.29, 1.82) is 0 Å². The average molecular weight is 626 g/mol. The van der Waals surface area contributed by atoms with E-state index in [4.69, 9.17) is 4.74 Å². The Morgan fingerprint density at radius 3 is 2.33 bits per heavy atom. The largest absolute Gasteiger partial charge is 0.748 e. The Balaban J connectivity index is 1.48. The number of ether oxygens (including phenoxy) is 1. The second kappa shape index (κ2) is 12.4. The quantitative estimate of drug-likeness (QED) is 0.170. The Labute approximate surface area is 249 Å². The van der Waals surface area contributed by atoms with Crippen molar-refractivity contribution in [3.63, 3.8) is 0 Å². The van der Waals surface area contributed by atoms with Crippen molar-refractivity contribution in [1.82, 2.24) is 0 Å². The Morgan fingerprint density at radius 1 is 0.905 bits per heavy atom. The number of nitrogens with zero attached hydrogens (tertiary/aromatic N) is 2. The third-order valence-corrected chi connectivity index (χ3v) is 9.42. The number of allylic oxidation sites excluding steroid dienone is 2. The predicted molar refractivity (Wildman–Crippen MR) is 162 cm³/mol. The lowest BCUT2D eigenvalue weighted by Crippen LogP contribution is -2.36. The van der Waals surface area contributed by atoms with Crippen LogP contribution in [0.2, 0.25) is 0 Å². The summed E-state index contributed by atoms with van der Waals surface area (Å²) in [5.74, 6) is 0.189. The van der Waals surface area contributed by atoms with Crippen LogP contribution >= 0.6 is 11.3 Å². The maximum Gasteiger partial charge on any atom is 0.263 e. The van der Waals surface area contributed by atoms with Gasteiger partial charge in [-0.1, -0.05) is 59.9 Å². The number of thiazole rings is 1. The number of anilines is 1. The molecule has 2 heterocycles. The normalized spacial score (nSPS) is 14.9. The minimum atomic E-state index is -4.37. The lowest BCUT2D eigenvalue weighted by Gasteiger charge is -2.19. The van der Waals surface area contributed by atoms with Crippen LogP contribution in [-0.2, 0) is 26.8 Å². The maximum absolute atomic E-state index is 11.3. The van der Waals surface area contributed by atoms with Gasteiger partial charge in [-0.05, 0) is 48.2 Å². The number of rotatable bonds is 11. The topological polar surface area (TPSA) is 131 Å². The number of fused-ring (bicyclic) bond motifs is 2. The van der Waals surface area contributed by atoms with Gasteiger partial charge >= 0.3 is 0 Å². The predicted octanol–water partition coefficient (Wildman–Crippen LogP) is 4.87. The molecule has 1 aliphatic heterocycles. The fourth-order valence-electron chi connectivity index (χ4n) is 4.87. The first kappa shape index (κ1) is 29.9. The van der Waals surface area contributed by atoms with E-state index >= 15 is 0 Å². The zero-order valence-electron chi connectivity index (χ0n) is 22.8. The number of aryl methyl sites for hydroxylation is 1. The monoisotopic (exact) mass is 625 g/mol. The summed E-state index contributed by atoms with van der Waals surface area (Å²) in [6.45, 7) is 2.53. The fourth-order valence-corrected chi connectivity index (χ4v) is 7.03. The van der Waals surface area contributed by atoms with Gasteiger partial charge in [0.25, 0.3) is 5.01 Å². The highest BCUT2D eigenvalue weighted by Crippen LogP contribution is 2.42. The van der Waals surface area contributed by atoms with E-state index in [0.717, 1.165) is 37.6 Å². The lowest BCUT2D eigenvalue weighted by atomic mass is 10.0. The van der Waals surface area contributed by atoms with Gasteiger partial charge in [0.1, 0.15) is 4.70 Å². The maximum atomic E-state index is 11.3. The van der Waals surface area contributed by atoms with E-state index in [2.05, 4.69) is 0 Å². The van der Waals surface area contributed by atoms with Gasteiger partial charge in [-0.3, -0.25) is 0 Å². The molecule has 3 aromatic carbocycles. The van der Waals surface area contributed by atoms with Crippen LogP contribution in [0.5, 0.6) is 5.75 Å². The number of benzene rings is 3. The first-order valence-electron chi connectivity index (χ1n) is 13.3. The van der Waals surface area contributed by atoms with E-state index in [1.807, 2.05) is 101 Å². The van der Waals surface area contributed by atoms with Crippen LogP contribution in [0, 0.1) is 0 Å². The second-order valence-corrected chi connectivity index (χ2v) is 14.1. The summed E-state index contributed by atoms with van der Waals surface area (Å²) in [5, 5.41) is 0.875. The standard InChI is InChI=1S/C30H30N2O7S3/c1-22(20-30-32(16-8-18-42(36,37)38)25-11-5-6-12-28(25)40-30)19-29-31(15-7-17-41(33,34)35)26-21-24(13-14-27(26)39-29)23-9-3-2-4-10-23/h2-6,9-14,19-21H,7-8,15-18H2,1H3,(H-,33,34,35,36,37,38)/p-1. The summed E-state index contributed by atoms with van der Waals surface area (Å²) in [5.41, 5.74) is 4.54. The lowest BCUT2D eigenvalue weighted by molar-refractivity contribution is -0.668. The summed E-state index contributed by atoms with van der Waals surface area (Å²) in [6.07, 6.45) is 4.14. The number of hydrogen-bond donors (Lipinski definition) is 0. The van der Waals surface area contributed by atoms with Crippen molar-refractivity contribution in [3.8, 4) is 16.9 Å². The summed E-state index contributed by atoms with van der Waals surface area (Å²) >= 11 is 1.55. The van der Waals surface area contributed by atoms with Crippen molar-refractivity contribution in [2.24, 2.45) is 0 Å². The highest BCUT2D eigenvalue weighted by atomic mass is 32.2. The first-order valence-corrected chi connectivity index (χ1v) is 17.3. The molecule has 0 spiro atoms. The van der Waals surface area contributed by atoms with Gasteiger partial charge in [0.15, 0.2) is 12.3 Å². The highest BCUT2D eigenvalue weighted by Gasteiger charge is 2.27. The van der Waals surface area contributed by atoms with E-state index in [1.54, 1.807) is 11.3 Å². The van der Waals surface area contributed by atoms with E-state index in [-0.39, 0.29) is 19.4 Å². The molecule has 1 aliphatic rings. The molecule has 0 bridgehead atoms. The first-order chi connectivity index (χ1) is 20.0. The van der Waals surface area contributed by atoms with Gasteiger partial charge in [0, 0.05) is 42.7 Å². The van der Waals surface area contributed by atoms with E-state index in [1.165, 1.54) is 0 Å². The summed E-state index contributed by atoms with van der Waals surface area (Å²) in [6, 6.07) is 23.5. The Morgan fingerprint density at radius 2 is 1.60 bits per heavy atom. The van der Waals surface area contributed by atoms with Crippen LogP contribution in [0.15, 0.2) is 90.3 Å². The molecule has 9 nitrogen and oxygen atoms in total. The molecule has 0 fully saturated rings. The Kier molecular flexibility index (Phi) is 8.81. The van der Waals surface area contributed by atoms with Gasteiger partial charge in [0.2, 0.25) is 11.4 Å². The SMILES string of the molecule is CC(=Cc1sc2ccccc2[n+]1CCCS(=O)(=O)[O-])C=C1Oc2ccc(-c3ccccc3)cc2N1CCCS(=O)(=O)[O-]. The minimum Gasteiger partial charge on any atom is -0.748 e. The Hall–Kier alpha value is -3.55. The van der Waals surface area contributed by atoms with Gasteiger partial charge < -0.3 is 18.7 Å². The fraction of sp³-hybridized carbons (Fsp3) is 0.233. The molecule has 0 radical (unpaired) electrons. The number of aromatic nitrogens is 1. The van der Waals surface area contributed by atoms with Gasteiger partial charge in [-0.25, -0.2) is 16.8 Å². The Bertz CT molecular complexity index is 1880. The molecular weight excluding hydrogens is 597 g/mol. The van der Waals surface area contributed by atoms with E-state index < -0.39 is 31.7 Å². The number of hydrogen-bond acceptors (Lipinski definition) is 9. The molecule has 0 amide bonds. The zero-order chi connectivity index (χ0) is 29.9. The van der Waals surface area contributed by atoms with Crippen LogP contribution in [0.25, 0.3) is 27.4 Å². The summed E-state index contributed by atoms with van der Waals surface area (Å²) in [4.78, 5) is 1.88. The molecule has 42 heavy (non-hydrogen) atoms. The van der Waals surface area contributed by atoms with E-state index in [0.29, 0.717) is 18.2 Å². The van der Waals surface area contributed by atoms with Gasteiger partial charge in [-0.15, -0.1) is 0 Å². The third-order valence-electron chi connectivity index (χ3n) is 6.73. The molecular formula is C30H29N2O7S3-. The zero-order valence-corrected chi connectivity index (χ0v) is 25.3. The van der Waals surface area contributed by atoms with Crippen LogP contribution in [0.3, 0.4) is 0 Å². The highest BCUT2D eigenvalue weighted by molar-refractivity contribution is 7.85. The van der Waals surface area contributed by atoms with Crippen LogP contribution in [0.1, 0.15) is 24.8 Å². The average Bonchev–Trinajstić information content (AvgIpc) is 3.44. The van der Waals surface area contributed by atoms with Crippen LogP contribution in [-0.4, -0.2) is 44.0 Å².